The molecule has 1 N–H and O–H groups in total. The molecule has 0 atom stereocenters. The van der Waals surface area contributed by atoms with Crippen molar-refractivity contribution in [2.45, 2.75) is 13.5 Å². The molecule has 0 bridgehead atoms. The van der Waals surface area contributed by atoms with Gasteiger partial charge in [0.25, 0.3) is 11.9 Å². The molecule has 0 aliphatic rings. The fourth-order valence-corrected chi connectivity index (χ4v) is 1.73. The van der Waals surface area contributed by atoms with Crippen molar-refractivity contribution in [3.63, 3.8) is 0 Å². The smallest absolute Gasteiger partial charge is 0.282 e. The van der Waals surface area contributed by atoms with E-state index < -0.39 is 0 Å². The van der Waals surface area contributed by atoms with Crippen molar-refractivity contribution in [3.8, 4) is 0 Å². The van der Waals surface area contributed by atoms with E-state index in [4.69, 9.17) is 4.52 Å². The molecule has 0 radical (unpaired) electrons. The van der Waals surface area contributed by atoms with Crippen LogP contribution in [0.3, 0.4) is 0 Å². The van der Waals surface area contributed by atoms with Gasteiger partial charge in [-0.2, -0.15) is 4.98 Å². The Morgan fingerprint density at radius 2 is 2.22 bits per heavy atom. The number of hydrogen-bond acceptors (Lipinski definition) is 8. The summed E-state index contributed by atoms with van der Waals surface area (Å²) in [5.74, 6) is 0.504. The number of carbonyl (C=O) groups is 1. The van der Waals surface area contributed by atoms with Gasteiger partial charge in [-0.1, -0.05) is 11.3 Å². The van der Waals surface area contributed by atoms with E-state index >= 15 is 0 Å². The third-order valence-corrected chi connectivity index (χ3v) is 2.82. The fourth-order valence-electron chi connectivity index (χ4n) is 1.12. The number of hydrogen-bond donors (Lipinski definition) is 1. The van der Waals surface area contributed by atoms with Crippen LogP contribution in [0.2, 0.25) is 0 Å². The second kappa shape index (κ2) is 5.08. The molecule has 2 aromatic heterocycles. The molecule has 0 aromatic carbocycles. The van der Waals surface area contributed by atoms with E-state index in [1.807, 2.05) is 0 Å². The van der Waals surface area contributed by atoms with Crippen LogP contribution in [-0.2, 0) is 6.54 Å². The molecule has 9 heteroatoms. The minimum absolute atomic E-state index is 0.165. The van der Waals surface area contributed by atoms with E-state index in [9.17, 15) is 4.79 Å². The van der Waals surface area contributed by atoms with E-state index in [0.29, 0.717) is 16.8 Å². The van der Waals surface area contributed by atoms with E-state index in [2.05, 4.69) is 25.7 Å². The normalized spacial score (nSPS) is 10.4. The quantitative estimate of drug-likeness (QED) is 0.847. The molecule has 0 aliphatic heterocycles. The molecule has 0 unspecified atom stereocenters. The van der Waals surface area contributed by atoms with Crippen LogP contribution in [0, 0.1) is 6.92 Å². The number of anilines is 1. The Labute approximate surface area is 107 Å². The average molecular weight is 268 g/mol. The molecule has 0 spiro atoms. The predicted octanol–water partition coefficient (Wildman–Crippen LogP) is 0.226. The number of aryl methyl sites for hydroxylation is 1. The number of nitrogens with zero attached hydrogens (tertiary/aromatic N) is 5. The summed E-state index contributed by atoms with van der Waals surface area (Å²) in [4.78, 5) is 17.5. The number of carbonyl (C=O) groups excluding carboxylic acids is 1. The fraction of sp³-hybridized carbons (Fsp3) is 0.444. The average Bonchev–Trinajstić information content (AvgIpc) is 2.94. The molecule has 0 aliphatic carbocycles. The second-order valence-corrected chi connectivity index (χ2v) is 4.87. The van der Waals surface area contributed by atoms with Crippen molar-refractivity contribution in [2.24, 2.45) is 0 Å². The topological polar surface area (TPSA) is 97.0 Å². The molecular weight excluding hydrogens is 256 g/mol. The van der Waals surface area contributed by atoms with Crippen LogP contribution in [0.1, 0.15) is 20.7 Å². The maximum atomic E-state index is 11.7. The first-order chi connectivity index (χ1) is 8.56. The van der Waals surface area contributed by atoms with Gasteiger partial charge in [0.2, 0.25) is 10.9 Å². The molecule has 0 saturated heterocycles. The number of aromatic nitrogens is 4. The molecule has 18 heavy (non-hydrogen) atoms. The van der Waals surface area contributed by atoms with Gasteiger partial charge in [-0.05, 0) is 12.1 Å². The lowest BCUT2D eigenvalue weighted by Crippen LogP contribution is -2.23. The minimum atomic E-state index is -0.301. The third kappa shape index (κ3) is 2.80. The molecule has 0 fully saturated rings. The zero-order valence-corrected chi connectivity index (χ0v) is 11.0. The Morgan fingerprint density at radius 1 is 1.44 bits per heavy atom. The van der Waals surface area contributed by atoms with Gasteiger partial charge >= 0.3 is 0 Å². The molecule has 2 rings (SSSR count). The van der Waals surface area contributed by atoms with Crippen molar-refractivity contribution in [1.82, 2.24) is 25.7 Å². The van der Waals surface area contributed by atoms with Crippen LogP contribution in [0.4, 0.5) is 5.95 Å². The summed E-state index contributed by atoms with van der Waals surface area (Å²) in [7, 11) is 3.61. The highest BCUT2D eigenvalue weighted by atomic mass is 32.1. The highest BCUT2D eigenvalue weighted by Crippen LogP contribution is 2.08. The summed E-state index contributed by atoms with van der Waals surface area (Å²) in [6.07, 6.45) is 0. The molecule has 0 saturated carbocycles. The first-order valence-corrected chi connectivity index (χ1v) is 5.96. The maximum Gasteiger partial charge on any atom is 0.282 e. The molecule has 8 nitrogen and oxygen atoms in total. The molecule has 1 amide bonds. The Hall–Kier alpha value is -2.03. The van der Waals surface area contributed by atoms with Crippen LogP contribution in [0.15, 0.2) is 4.52 Å². The van der Waals surface area contributed by atoms with Crippen molar-refractivity contribution >= 4 is 23.2 Å². The minimum Gasteiger partial charge on any atom is -0.344 e. The summed E-state index contributed by atoms with van der Waals surface area (Å²) in [5, 5.41) is 14.9. The van der Waals surface area contributed by atoms with Crippen molar-refractivity contribution in [3.05, 3.63) is 15.9 Å². The van der Waals surface area contributed by atoms with Crippen LogP contribution in [-0.4, -0.2) is 40.3 Å². The third-order valence-electron chi connectivity index (χ3n) is 1.98. The highest BCUT2D eigenvalue weighted by Gasteiger charge is 2.13. The lowest BCUT2D eigenvalue weighted by atomic mass is 10.5. The van der Waals surface area contributed by atoms with Crippen LogP contribution >= 0.6 is 11.3 Å². The monoisotopic (exact) mass is 268 g/mol. The van der Waals surface area contributed by atoms with Crippen LogP contribution in [0.5, 0.6) is 0 Å². The van der Waals surface area contributed by atoms with E-state index in [-0.39, 0.29) is 12.5 Å². The SMILES string of the molecule is Cc1nnc(C(=O)NCc2nc(N(C)C)no2)s1. The molecule has 2 heterocycles. The molecule has 2 aromatic rings. The number of rotatable bonds is 4. The standard InChI is InChI=1S/C9H12N6O2S/c1-5-12-13-8(18-5)7(16)10-4-6-11-9(14-17-6)15(2)3/h4H2,1-3H3,(H,10,16). The zero-order valence-electron chi connectivity index (χ0n) is 10.2. The number of amides is 1. The first-order valence-electron chi connectivity index (χ1n) is 5.14. The van der Waals surface area contributed by atoms with Gasteiger partial charge in [-0.25, -0.2) is 0 Å². The lowest BCUT2D eigenvalue weighted by Gasteiger charge is -2.02. The van der Waals surface area contributed by atoms with Gasteiger partial charge in [0.15, 0.2) is 0 Å². The largest absolute Gasteiger partial charge is 0.344 e. The van der Waals surface area contributed by atoms with Gasteiger partial charge in [-0.3, -0.25) is 4.79 Å². The molecular formula is C9H12N6O2S. The summed E-state index contributed by atoms with van der Waals surface area (Å²) in [6.45, 7) is 1.95. The Balaban J connectivity index is 1.93. The van der Waals surface area contributed by atoms with Gasteiger partial charge in [0.1, 0.15) is 5.01 Å². The maximum absolute atomic E-state index is 11.7. The van der Waals surface area contributed by atoms with Gasteiger partial charge in [-0.15, -0.1) is 10.2 Å². The first kappa shape index (κ1) is 12.4. The summed E-state index contributed by atoms with van der Waals surface area (Å²) < 4.78 is 4.97. The highest BCUT2D eigenvalue weighted by molar-refractivity contribution is 7.13. The van der Waals surface area contributed by atoms with Crippen LogP contribution < -0.4 is 10.2 Å². The summed E-state index contributed by atoms with van der Waals surface area (Å²) in [6, 6.07) is 0. The van der Waals surface area contributed by atoms with E-state index in [1.54, 1.807) is 25.9 Å². The zero-order chi connectivity index (χ0) is 13.1. The van der Waals surface area contributed by atoms with Gasteiger partial charge < -0.3 is 14.7 Å². The number of nitrogens with one attached hydrogen (secondary N) is 1. The Bertz CT molecular complexity index is 549. The second-order valence-electron chi connectivity index (χ2n) is 3.69. The molecule has 96 valence electrons. The van der Waals surface area contributed by atoms with E-state index in [1.165, 1.54) is 11.3 Å². The van der Waals surface area contributed by atoms with E-state index in [0.717, 1.165) is 5.01 Å². The van der Waals surface area contributed by atoms with Crippen molar-refractivity contribution < 1.29 is 9.32 Å². The van der Waals surface area contributed by atoms with Crippen LogP contribution in [0.25, 0.3) is 0 Å². The summed E-state index contributed by atoms with van der Waals surface area (Å²) in [5.41, 5.74) is 0. The summed E-state index contributed by atoms with van der Waals surface area (Å²) >= 11 is 1.23. The van der Waals surface area contributed by atoms with Gasteiger partial charge in [0, 0.05) is 14.1 Å². The van der Waals surface area contributed by atoms with Crippen molar-refractivity contribution in [2.75, 3.05) is 19.0 Å². The van der Waals surface area contributed by atoms with Crippen molar-refractivity contribution in [1.29, 1.82) is 0 Å². The Morgan fingerprint density at radius 3 is 2.78 bits per heavy atom. The lowest BCUT2D eigenvalue weighted by molar-refractivity contribution is 0.0945. The van der Waals surface area contributed by atoms with Gasteiger partial charge in [0.05, 0.1) is 6.54 Å². The predicted molar refractivity (Wildman–Crippen MR) is 64.4 cm³/mol. The Kier molecular flexibility index (Phi) is 3.51.